The van der Waals surface area contributed by atoms with Crippen LogP contribution in [-0.2, 0) is 0 Å². The van der Waals surface area contributed by atoms with E-state index in [4.69, 9.17) is 0 Å². The number of aromatic amines is 4. The maximum Gasteiger partial charge on any atom is 0.123 e. The highest BCUT2D eigenvalue weighted by atomic mass is 19.1. The first-order valence-electron chi connectivity index (χ1n) is 45.3. The summed E-state index contributed by atoms with van der Waals surface area (Å²) in [5.41, 5.74) is 26.3. The summed E-state index contributed by atoms with van der Waals surface area (Å²) in [6.45, 7) is 2.19. The molecule has 34 rings (SSSR count). The third-order valence-corrected chi connectivity index (χ3v) is 29.9. The number of halogens is 1. The molecule has 12 heterocycles. The summed E-state index contributed by atoms with van der Waals surface area (Å²) in [6.07, 6.45) is 0. The predicted molar refractivity (Wildman–Crippen MR) is 556 cm³/mol. The van der Waals surface area contributed by atoms with E-state index >= 15 is 0 Å². The Kier molecular flexibility index (Phi) is 13.5. The molecule has 34 aromatic rings. The van der Waals surface area contributed by atoms with Crippen LogP contribution in [0.5, 0.6) is 0 Å². The van der Waals surface area contributed by atoms with E-state index < -0.39 is 0 Å². The summed E-state index contributed by atoms with van der Waals surface area (Å²) in [7, 11) is 0. The Hall–Kier alpha value is -17.8. The van der Waals surface area contributed by atoms with Gasteiger partial charge >= 0.3 is 0 Å². The van der Waals surface area contributed by atoms with Crippen LogP contribution in [-0.4, -0.2) is 37.5 Å². The smallest absolute Gasteiger partial charge is 0.123 e. The number of hydrogen-bond donors (Lipinski definition) is 4. The largest absolute Gasteiger partial charge is 0.354 e. The molecule has 12 aromatic heterocycles. The Labute approximate surface area is 746 Å². The first kappa shape index (κ1) is 70.4. The molecule has 0 aliphatic rings. The fourth-order valence-corrected chi connectivity index (χ4v) is 24.8. The topological polar surface area (TPSA) is 105 Å². The minimum atomic E-state index is -0.214. The molecule has 0 bridgehead atoms. The van der Waals surface area contributed by atoms with Crippen molar-refractivity contribution in [1.29, 1.82) is 5.26 Å². The summed E-state index contributed by atoms with van der Waals surface area (Å²) in [4.78, 5) is 15.0. The highest BCUT2D eigenvalue weighted by Gasteiger charge is 2.31. The number of aryl methyl sites for hydroxylation is 1. The summed E-state index contributed by atoms with van der Waals surface area (Å²) in [5.74, 6) is -0.214. The average Bonchev–Trinajstić information content (AvgIpc) is 1.52. The van der Waals surface area contributed by atoms with Crippen LogP contribution in [0.4, 0.5) is 4.39 Å². The zero-order chi connectivity index (χ0) is 86.0. The third-order valence-electron chi connectivity index (χ3n) is 29.9. The number of H-pyrrole nitrogens is 4. The van der Waals surface area contributed by atoms with Crippen molar-refractivity contribution >= 4 is 304 Å². The van der Waals surface area contributed by atoms with Crippen LogP contribution in [0.15, 0.2) is 370 Å². The van der Waals surface area contributed by atoms with Crippen LogP contribution < -0.4 is 0 Å². The molecule has 0 saturated heterocycles. The van der Waals surface area contributed by atoms with Crippen LogP contribution >= 0.6 is 0 Å². The molecule has 608 valence electrons. The Bertz CT molecular complexity index is 10900. The van der Waals surface area contributed by atoms with Crippen LogP contribution in [0.25, 0.3) is 304 Å². The van der Waals surface area contributed by atoms with Crippen LogP contribution in [0.3, 0.4) is 0 Å². The lowest BCUT2D eigenvalue weighted by atomic mass is 9.93. The standard InChI is InChI=1S/C33H17N3.C32H18N2.C29H18N2.C28H15FN2/c34-17-18-7-5-10-21-19(18)15-16-24-28(21)33-30(29-23-9-1-3-13-26(23)35-31(24)29)25-12-6-11-22-20-8-2-4-14-27(20)36(33)32(22)25;1-2-9-19-18(8-1)16-17-25-27(19)29-28-24-14-7-13-22-20-10-5-6-15-26(20)34(31(22)24)32(28)23-12-4-3-11-21(23)30(29)33-25;1-16-13-14-18-22(15-16)29-26(25-20-8-2-4-11-23(20)30-27(18)25)21-10-6-9-19-17-7-3-5-12-24(17)31(29)28(19)21;29-15-12-13-17-21(14-15)28-25(24-19-7-1-3-10-22(19)30-26(17)24)20-9-5-8-18-16-6-2-4-11-23(16)31(28)27(18)20/h1-16,35H;1-17,33H;2-15,30H,1H3;1-14,30H. The third kappa shape index (κ3) is 8.80. The minimum Gasteiger partial charge on any atom is -0.354 e. The number of rotatable bonds is 0. The summed E-state index contributed by atoms with van der Waals surface area (Å²) in [5, 5.41) is 54.9. The molecular weight excluding hydrogens is 1610 g/mol. The summed E-state index contributed by atoms with van der Waals surface area (Å²) < 4.78 is 24.4. The summed E-state index contributed by atoms with van der Waals surface area (Å²) in [6, 6.07) is 134. The van der Waals surface area contributed by atoms with Gasteiger partial charge in [-0.2, -0.15) is 5.26 Å². The number of para-hydroxylation sites is 11. The van der Waals surface area contributed by atoms with Gasteiger partial charge in [0.05, 0.1) is 99.9 Å². The van der Waals surface area contributed by atoms with Gasteiger partial charge in [-0.1, -0.05) is 297 Å². The van der Waals surface area contributed by atoms with E-state index in [1.165, 1.54) is 255 Å². The van der Waals surface area contributed by atoms with Crippen molar-refractivity contribution in [2.45, 2.75) is 6.92 Å². The Morgan fingerprint density at radius 1 is 0.205 bits per heavy atom. The molecule has 0 aliphatic heterocycles. The van der Waals surface area contributed by atoms with Gasteiger partial charge in [0.1, 0.15) is 5.82 Å². The van der Waals surface area contributed by atoms with Crippen molar-refractivity contribution in [3.8, 4) is 6.07 Å². The second-order valence-corrected chi connectivity index (χ2v) is 36.2. The molecule has 0 spiro atoms. The van der Waals surface area contributed by atoms with Gasteiger partial charge in [0, 0.05) is 200 Å². The van der Waals surface area contributed by atoms with Gasteiger partial charge in [0.25, 0.3) is 0 Å². The van der Waals surface area contributed by atoms with E-state index in [2.05, 4.69) is 390 Å². The molecule has 0 radical (unpaired) electrons. The van der Waals surface area contributed by atoms with Gasteiger partial charge < -0.3 is 37.5 Å². The zero-order valence-corrected chi connectivity index (χ0v) is 70.8. The number of benzene rings is 22. The van der Waals surface area contributed by atoms with Crippen LogP contribution in [0, 0.1) is 24.1 Å². The van der Waals surface area contributed by atoms with E-state index in [0.717, 1.165) is 54.6 Å². The SMILES string of the molecule is Cc1ccc2c(c1)c1c(c3cccc4c5ccccc5n1c43)c1c3ccccc3[nH]c21.Fc1ccc2c(c1)c1c(c3cccc4c5ccccc5n1c43)c1c3ccccc3[nH]c21.N#Cc1cccc2c1ccc1c3[nH]c4ccccc4c3c3c4cccc5c6ccccc6n(c54)c3c21.c1ccc2c(c1)ccc1[nH]c3c4ccccc4c4c(c5cccc6c7ccccc7n4c65)c3c12. The lowest BCUT2D eigenvalue weighted by molar-refractivity contribution is 0.630. The molecule has 0 unspecified atom stereocenters. The molecule has 0 amide bonds. The van der Waals surface area contributed by atoms with Crippen molar-refractivity contribution in [1.82, 2.24) is 37.5 Å². The first-order valence-corrected chi connectivity index (χ1v) is 45.3. The highest BCUT2D eigenvalue weighted by molar-refractivity contribution is 6.46. The number of aromatic nitrogens is 8. The highest BCUT2D eigenvalue weighted by Crippen LogP contribution is 2.55. The van der Waals surface area contributed by atoms with Crippen molar-refractivity contribution in [3.63, 3.8) is 0 Å². The predicted octanol–water partition coefficient (Wildman–Crippen LogP) is 33.1. The van der Waals surface area contributed by atoms with Gasteiger partial charge in [0.2, 0.25) is 0 Å². The maximum absolute atomic E-state index is 14.5. The van der Waals surface area contributed by atoms with Crippen LogP contribution in [0.2, 0.25) is 0 Å². The second kappa shape index (κ2) is 25.3. The van der Waals surface area contributed by atoms with E-state index in [1.807, 2.05) is 18.2 Å². The normalized spacial score (nSPS) is 12.6. The molecule has 132 heavy (non-hydrogen) atoms. The molecule has 4 N–H and O–H groups in total. The fourth-order valence-electron chi connectivity index (χ4n) is 24.8. The van der Waals surface area contributed by atoms with Crippen molar-refractivity contribution in [2.75, 3.05) is 0 Å². The van der Waals surface area contributed by atoms with E-state index in [1.54, 1.807) is 12.1 Å². The molecule has 10 heteroatoms. The molecule has 0 aliphatic carbocycles. The Balaban J connectivity index is 0.0000000830. The number of nitrogens with one attached hydrogen (secondary N) is 4. The molecule has 0 fully saturated rings. The Morgan fingerprint density at radius 2 is 0.530 bits per heavy atom. The molecule has 0 saturated carbocycles. The van der Waals surface area contributed by atoms with E-state index in [0.29, 0.717) is 5.56 Å². The molecule has 9 nitrogen and oxygen atoms in total. The van der Waals surface area contributed by atoms with Gasteiger partial charge in [-0.15, -0.1) is 0 Å². The zero-order valence-electron chi connectivity index (χ0n) is 70.8. The first-order chi connectivity index (χ1) is 65.4. The molecule has 22 aromatic carbocycles. The van der Waals surface area contributed by atoms with Crippen molar-refractivity contribution < 1.29 is 4.39 Å². The fraction of sp³-hybridized carbons (Fsp3) is 0.00820. The summed E-state index contributed by atoms with van der Waals surface area (Å²) >= 11 is 0. The number of hydrogen-bond acceptors (Lipinski definition) is 1. The number of nitriles is 1. The Morgan fingerprint density at radius 3 is 1.03 bits per heavy atom. The lowest BCUT2D eigenvalue weighted by Gasteiger charge is -2.10. The average molecular weight is 1680 g/mol. The van der Waals surface area contributed by atoms with Gasteiger partial charge in [-0.3, -0.25) is 0 Å². The number of fused-ring (bicyclic) bond motifs is 56. The van der Waals surface area contributed by atoms with Crippen molar-refractivity contribution in [3.05, 3.63) is 387 Å². The quantitative estimate of drug-likeness (QED) is 0.112. The van der Waals surface area contributed by atoms with Gasteiger partial charge in [0.15, 0.2) is 0 Å². The minimum absolute atomic E-state index is 0.214. The second-order valence-electron chi connectivity index (χ2n) is 36.2. The van der Waals surface area contributed by atoms with E-state index in [-0.39, 0.29) is 5.82 Å². The lowest BCUT2D eigenvalue weighted by Crippen LogP contribution is -1.88. The molecular formula is C122H68FN9. The van der Waals surface area contributed by atoms with Gasteiger partial charge in [-0.25, -0.2) is 4.39 Å². The van der Waals surface area contributed by atoms with Crippen molar-refractivity contribution in [2.24, 2.45) is 0 Å². The van der Waals surface area contributed by atoms with Gasteiger partial charge in [-0.05, 0) is 102 Å². The monoisotopic (exact) mass is 1680 g/mol. The van der Waals surface area contributed by atoms with Crippen LogP contribution in [0.1, 0.15) is 11.1 Å². The number of nitrogens with zero attached hydrogens (tertiary/aromatic N) is 5. The maximum atomic E-state index is 14.5. The molecule has 0 atom stereocenters. The van der Waals surface area contributed by atoms with E-state index in [9.17, 15) is 9.65 Å².